The molecule has 22 heavy (non-hydrogen) atoms. The maximum absolute atomic E-state index is 5.84. The molecule has 2 atom stereocenters. The number of unbranched alkanes of at least 4 members (excludes halogenated alkanes) is 1. The van der Waals surface area contributed by atoms with E-state index in [4.69, 9.17) is 4.74 Å². The Bertz CT molecular complexity index is 419. The minimum Gasteiger partial charge on any atom is -0.494 e. The Morgan fingerprint density at radius 3 is 2.41 bits per heavy atom. The summed E-state index contributed by atoms with van der Waals surface area (Å²) in [7, 11) is 0. The summed E-state index contributed by atoms with van der Waals surface area (Å²) >= 11 is 0. The Morgan fingerprint density at radius 1 is 1.14 bits per heavy atom. The molecule has 0 saturated carbocycles. The van der Waals surface area contributed by atoms with Gasteiger partial charge >= 0.3 is 0 Å². The molecule has 0 aliphatic heterocycles. The predicted octanol–water partition coefficient (Wildman–Crippen LogP) is 5.39. The van der Waals surface area contributed by atoms with Crippen LogP contribution in [-0.2, 0) is 0 Å². The van der Waals surface area contributed by atoms with E-state index in [1.54, 1.807) is 0 Å². The van der Waals surface area contributed by atoms with Gasteiger partial charge in [0.25, 0.3) is 0 Å². The fourth-order valence-corrected chi connectivity index (χ4v) is 2.66. The minimum atomic E-state index is 0.667. The van der Waals surface area contributed by atoms with E-state index in [2.05, 4.69) is 39.2 Å². The number of rotatable bonds is 11. The molecule has 1 aromatic rings. The smallest absolute Gasteiger partial charge is 0.119 e. The van der Waals surface area contributed by atoms with Crippen LogP contribution in [0.3, 0.4) is 0 Å². The monoisotopic (exact) mass is 303 g/mol. The first-order valence-corrected chi connectivity index (χ1v) is 8.73. The zero-order valence-corrected chi connectivity index (χ0v) is 14.8. The first kappa shape index (κ1) is 18.8. The van der Waals surface area contributed by atoms with Crippen LogP contribution in [0.15, 0.2) is 30.8 Å². The van der Waals surface area contributed by atoms with Gasteiger partial charge in [0.15, 0.2) is 0 Å². The van der Waals surface area contributed by atoms with Crippen LogP contribution in [-0.4, -0.2) is 30.1 Å². The van der Waals surface area contributed by atoms with Crippen molar-refractivity contribution >= 4 is 6.08 Å². The fraction of sp³-hybridized carbons (Fsp3) is 0.600. The summed E-state index contributed by atoms with van der Waals surface area (Å²) in [5, 5.41) is 0. The maximum atomic E-state index is 5.84. The molecule has 0 aromatic heterocycles. The van der Waals surface area contributed by atoms with Crippen LogP contribution in [0.4, 0.5) is 0 Å². The number of nitrogens with zero attached hydrogens (tertiary/aromatic N) is 1. The molecule has 2 nitrogen and oxygen atoms in total. The van der Waals surface area contributed by atoms with Crippen LogP contribution in [0.1, 0.15) is 58.9 Å². The third-order valence-electron chi connectivity index (χ3n) is 4.49. The van der Waals surface area contributed by atoms with Gasteiger partial charge in [-0.05, 0) is 63.8 Å². The highest BCUT2D eigenvalue weighted by atomic mass is 16.5. The lowest BCUT2D eigenvalue weighted by molar-refractivity contribution is 0.140. The summed E-state index contributed by atoms with van der Waals surface area (Å²) < 4.78 is 5.84. The van der Waals surface area contributed by atoms with Gasteiger partial charge in [0.05, 0.1) is 6.61 Å². The first-order chi connectivity index (χ1) is 10.6. The summed E-state index contributed by atoms with van der Waals surface area (Å²) in [5.41, 5.74) is 1.11. The minimum absolute atomic E-state index is 0.667. The largest absolute Gasteiger partial charge is 0.494 e. The Morgan fingerprint density at radius 2 is 1.82 bits per heavy atom. The summed E-state index contributed by atoms with van der Waals surface area (Å²) in [4.78, 5) is 2.64. The number of ether oxygens (including phenoxy) is 1. The van der Waals surface area contributed by atoms with Crippen molar-refractivity contribution in [2.24, 2.45) is 0 Å². The van der Waals surface area contributed by atoms with Crippen LogP contribution >= 0.6 is 0 Å². The molecule has 0 bridgehead atoms. The molecule has 0 aliphatic carbocycles. The van der Waals surface area contributed by atoms with E-state index in [1.807, 2.05) is 30.3 Å². The van der Waals surface area contributed by atoms with Crippen LogP contribution < -0.4 is 4.74 Å². The summed E-state index contributed by atoms with van der Waals surface area (Å²) in [6.45, 7) is 15.0. The molecule has 0 amide bonds. The van der Waals surface area contributed by atoms with Crippen molar-refractivity contribution in [1.82, 2.24) is 4.90 Å². The van der Waals surface area contributed by atoms with E-state index in [0.29, 0.717) is 12.1 Å². The molecule has 1 aromatic carbocycles. The molecule has 0 spiro atoms. The molecule has 0 fully saturated rings. The zero-order chi connectivity index (χ0) is 16.4. The van der Waals surface area contributed by atoms with Gasteiger partial charge in [-0.2, -0.15) is 0 Å². The number of hydrogen-bond acceptors (Lipinski definition) is 2. The van der Waals surface area contributed by atoms with Crippen LogP contribution in [0.2, 0.25) is 0 Å². The van der Waals surface area contributed by atoms with Gasteiger partial charge < -0.3 is 4.74 Å². The van der Waals surface area contributed by atoms with Crippen molar-refractivity contribution in [3.05, 3.63) is 36.4 Å². The molecule has 0 heterocycles. The molecular weight excluding hydrogens is 270 g/mol. The summed E-state index contributed by atoms with van der Waals surface area (Å²) in [6, 6.07) is 9.44. The standard InChI is InChI=1S/C20H33NO/c1-6-17(4)21(18(5)7-2)14-9-10-15-22-20-13-11-12-19(8-3)16-20/h8,11-13,16-18H,3,6-7,9-10,14-15H2,1-2,4-5H3. The Labute approximate surface area is 137 Å². The first-order valence-electron chi connectivity index (χ1n) is 8.73. The lowest BCUT2D eigenvalue weighted by atomic mass is 10.1. The Hall–Kier alpha value is -1.28. The second kappa shape index (κ2) is 10.4. The van der Waals surface area contributed by atoms with Gasteiger partial charge in [0.2, 0.25) is 0 Å². The highest BCUT2D eigenvalue weighted by Crippen LogP contribution is 2.15. The molecular formula is C20H33NO. The lowest BCUT2D eigenvalue weighted by Gasteiger charge is -2.33. The third-order valence-corrected chi connectivity index (χ3v) is 4.49. The lowest BCUT2D eigenvalue weighted by Crippen LogP contribution is -2.40. The van der Waals surface area contributed by atoms with Gasteiger partial charge in [-0.3, -0.25) is 4.90 Å². The van der Waals surface area contributed by atoms with Crippen molar-refractivity contribution < 1.29 is 4.74 Å². The van der Waals surface area contributed by atoms with Gasteiger partial charge in [-0.15, -0.1) is 0 Å². The molecule has 0 saturated heterocycles. The average Bonchev–Trinajstić information content (AvgIpc) is 2.57. The quantitative estimate of drug-likeness (QED) is 0.508. The van der Waals surface area contributed by atoms with Crippen molar-refractivity contribution in [2.45, 2.75) is 65.5 Å². The van der Waals surface area contributed by atoms with E-state index in [-0.39, 0.29) is 0 Å². The van der Waals surface area contributed by atoms with Crippen molar-refractivity contribution in [3.8, 4) is 5.75 Å². The molecule has 2 heteroatoms. The molecule has 1 rings (SSSR count). The third kappa shape index (κ3) is 6.23. The van der Waals surface area contributed by atoms with Gasteiger partial charge in [0.1, 0.15) is 5.75 Å². The van der Waals surface area contributed by atoms with E-state index in [9.17, 15) is 0 Å². The van der Waals surface area contributed by atoms with Gasteiger partial charge in [-0.1, -0.05) is 38.6 Å². The van der Waals surface area contributed by atoms with E-state index >= 15 is 0 Å². The SMILES string of the molecule is C=Cc1cccc(OCCCCN(C(C)CC)C(C)CC)c1. The van der Waals surface area contributed by atoms with Crippen molar-refractivity contribution in [3.63, 3.8) is 0 Å². The zero-order valence-electron chi connectivity index (χ0n) is 14.8. The highest BCUT2D eigenvalue weighted by Gasteiger charge is 2.16. The van der Waals surface area contributed by atoms with Crippen molar-refractivity contribution in [1.29, 1.82) is 0 Å². The van der Waals surface area contributed by atoms with Crippen LogP contribution in [0.5, 0.6) is 5.75 Å². The Balaban J connectivity index is 2.32. The summed E-state index contributed by atoms with van der Waals surface area (Å²) in [6.07, 6.45) is 6.57. The topological polar surface area (TPSA) is 12.5 Å². The van der Waals surface area contributed by atoms with E-state index in [1.165, 1.54) is 25.8 Å². The van der Waals surface area contributed by atoms with Crippen LogP contribution in [0, 0.1) is 0 Å². The van der Waals surface area contributed by atoms with Crippen LogP contribution in [0.25, 0.3) is 6.08 Å². The number of hydrogen-bond donors (Lipinski definition) is 0. The maximum Gasteiger partial charge on any atom is 0.119 e. The highest BCUT2D eigenvalue weighted by molar-refractivity contribution is 5.49. The molecule has 0 radical (unpaired) electrons. The summed E-state index contributed by atoms with van der Waals surface area (Å²) in [5.74, 6) is 0.943. The van der Waals surface area contributed by atoms with Crippen molar-refractivity contribution in [2.75, 3.05) is 13.2 Å². The fourth-order valence-electron chi connectivity index (χ4n) is 2.66. The average molecular weight is 303 g/mol. The molecule has 0 N–H and O–H groups in total. The Kier molecular flexibility index (Phi) is 8.91. The van der Waals surface area contributed by atoms with E-state index < -0.39 is 0 Å². The normalized spacial score (nSPS) is 13.9. The molecule has 0 aliphatic rings. The van der Waals surface area contributed by atoms with Gasteiger partial charge in [0, 0.05) is 12.1 Å². The van der Waals surface area contributed by atoms with Gasteiger partial charge in [-0.25, -0.2) is 0 Å². The number of benzene rings is 1. The second-order valence-electron chi connectivity index (χ2n) is 6.08. The molecule has 2 unspecified atom stereocenters. The predicted molar refractivity (Wildman–Crippen MR) is 97.5 cm³/mol. The second-order valence-corrected chi connectivity index (χ2v) is 6.08. The van der Waals surface area contributed by atoms with E-state index in [0.717, 1.165) is 24.3 Å². The molecule has 124 valence electrons.